The molecule has 3 aromatic rings. The van der Waals surface area contributed by atoms with E-state index in [0.29, 0.717) is 22.8 Å². The number of anilines is 2. The fourth-order valence-electron chi connectivity index (χ4n) is 2.95. The SMILES string of the molecule is Cc1cnc(N(C=O)c2cc(-c3cnc(C)c(F)c3)ccc2C(C)(C)C)cn1. The van der Waals surface area contributed by atoms with Crippen LogP contribution in [0.4, 0.5) is 15.9 Å². The third-order valence-electron chi connectivity index (χ3n) is 4.54. The number of pyridine rings is 1. The lowest BCUT2D eigenvalue weighted by atomic mass is 9.84. The van der Waals surface area contributed by atoms with Crippen LogP contribution in [0.2, 0.25) is 0 Å². The van der Waals surface area contributed by atoms with Gasteiger partial charge >= 0.3 is 0 Å². The molecular weight excluding hydrogens is 355 g/mol. The number of hydrogen-bond acceptors (Lipinski definition) is 4. The summed E-state index contributed by atoms with van der Waals surface area (Å²) in [5.41, 5.74) is 3.95. The highest BCUT2D eigenvalue weighted by atomic mass is 19.1. The number of aryl methyl sites for hydroxylation is 2. The smallest absolute Gasteiger partial charge is 0.219 e. The van der Waals surface area contributed by atoms with Crippen LogP contribution in [0, 0.1) is 19.7 Å². The van der Waals surface area contributed by atoms with Gasteiger partial charge in [0.05, 0.1) is 29.5 Å². The average Bonchev–Trinajstić information content (AvgIpc) is 2.65. The molecule has 0 aliphatic rings. The van der Waals surface area contributed by atoms with Crippen LogP contribution in [0.5, 0.6) is 0 Å². The number of carbonyl (C=O) groups is 1. The first-order valence-electron chi connectivity index (χ1n) is 9.01. The average molecular weight is 378 g/mol. The molecule has 0 bridgehead atoms. The molecule has 6 heteroatoms. The van der Waals surface area contributed by atoms with E-state index in [0.717, 1.165) is 23.2 Å². The molecule has 0 saturated heterocycles. The fraction of sp³-hybridized carbons (Fsp3) is 0.273. The van der Waals surface area contributed by atoms with Gasteiger partial charge in [0.15, 0.2) is 5.82 Å². The summed E-state index contributed by atoms with van der Waals surface area (Å²) in [6.07, 6.45) is 5.54. The van der Waals surface area contributed by atoms with Crippen molar-refractivity contribution in [2.45, 2.75) is 40.0 Å². The fourth-order valence-corrected chi connectivity index (χ4v) is 2.95. The van der Waals surface area contributed by atoms with Crippen LogP contribution in [0.1, 0.15) is 37.7 Å². The second-order valence-corrected chi connectivity index (χ2v) is 7.76. The monoisotopic (exact) mass is 378 g/mol. The number of nitrogens with zero attached hydrogens (tertiary/aromatic N) is 4. The minimum Gasteiger partial charge on any atom is -0.278 e. The third kappa shape index (κ3) is 3.91. The van der Waals surface area contributed by atoms with Gasteiger partial charge in [0.25, 0.3) is 0 Å². The summed E-state index contributed by atoms with van der Waals surface area (Å²) in [5, 5.41) is 0. The molecule has 0 spiro atoms. The summed E-state index contributed by atoms with van der Waals surface area (Å²) >= 11 is 0. The van der Waals surface area contributed by atoms with Crippen molar-refractivity contribution < 1.29 is 9.18 Å². The Labute approximate surface area is 164 Å². The number of rotatable bonds is 4. The minimum atomic E-state index is -0.365. The van der Waals surface area contributed by atoms with Gasteiger partial charge in [-0.1, -0.05) is 32.9 Å². The van der Waals surface area contributed by atoms with E-state index in [4.69, 9.17) is 0 Å². The van der Waals surface area contributed by atoms with Gasteiger partial charge in [0.2, 0.25) is 6.41 Å². The molecule has 0 aliphatic carbocycles. The highest BCUT2D eigenvalue weighted by Gasteiger charge is 2.23. The van der Waals surface area contributed by atoms with E-state index in [2.05, 4.69) is 35.7 Å². The Morgan fingerprint density at radius 3 is 2.29 bits per heavy atom. The zero-order chi connectivity index (χ0) is 20.5. The number of amides is 1. The molecule has 144 valence electrons. The van der Waals surface area contributed by atoms with E-state index in [-0.39, 0.29) is 11.2 Å². The maximum Gasteiger partial charge on any atom is 0.219 e. The van der Waals surface area contributed by atoms with Crippen LogP contribution >= 0.6 is 0 Å². The van der Waals surface area contributed by atoms with Gasteiger partial charge in [0.1, 0.15) is 5.82 Å². The van der Waals surface area contributed by atoms with Crippen molar-refractivity contribution in [1.82, 2.24) is 15.0 Å². The minimum absolute atomic E-state index is 0.218. The number of benzene rings is 1. The second kappa shape index (κ2) is 7.46. The molecule has 0 saturated carbocycles. The van der Waals surface area contributed by atoms with Crippen LogP contribution in [-0.4, -0.2) is 21.4 Å². The first-order valence-corrected chi connectivity index (χ1v) is 9.01. The maximum absolute atomic E-state index is 14.0. The van der Waals surface area contributed by atoms with E-state index in [1.54, 1.807) is 25.5 Å². The van der Waals surface area contributed by atoms with Gasteiger partial charge in [-0.15, -0.1) is 0 Å². The number of aromatic nitrogens is 3. The van der Waals surface area contributed by atoms with Crippen molar-refractivity contribution in [1.29, 1.82) is 0 Å². The maximum atomic E-state index is 14.0. The molecule has 5 nitrogen and oxygen atoms in total. The van der Waals surface area contributed by atoms with Crippen molar-refractivity contribution in [3.8, 4) is 11.1 Å². The van der Waals surface area contributed by atoms with Crippen molar-refractivity contribution in [2.24, 2.45) is 0 Å². The molecular formula is C22H23FN4O. The van der Waals surface area contributed by atoms with E-state index in [9.17, 15) is 9.18 Å². The van der Waals surface area contributed by atoms with Crippen LogP contribution in [0.3, 0.4) is 0 Å². The van der Waals surface area contributed by atoms with Gasteiger partial charge in [-0.25, -0.2) is 9.37 Å². The summed E-state index contributed by atoms with van der Waals surface area (Å²) in [6, 6.07) is 7.19. The Morgan fingerprint density at radius 2 is 1.71 bits per heavy atom. The van der Waals surface area contributed by atoms with Crippen LogP contribution in [-0.2, 0) is 10.2 Å². The third-order valence-corrected chi connectivity index (χ3v) is 4.54. The van der Waals surface area contributed by atoms with Crippen molar-refractivity contribution >= 4 is 17.9 Å². The normalized spacial score (nSPS) is 11.4. The molecule has 0 fully saturated rings. The topological polar surface area (TPSA) is 59.0 Å². The predicted octanol–water partition coefficient (Wildman–Crippen LogP) is 4.89. The van der Waals surface area contributed by atoms with Crippen molar-refractivity contribution in [3.05, 3.63) is 65.6 Å². The van der Waals surface area contributed by atoms with E-state index in [1.807, 2.05) is 25.1 Å². The summed E-state index contributed by atoms with van der Waals surface area (Å²) in [5.74, 6) is 0.0621. The Balaban J connectivity index is 2.19. The Kier molecular flexibility index (Phi) is 5.23. The summed E-state index contributed by atoms with van der Waals surface area (Å²) < 4.78 is 14.0. The second-order valence-electron chi connectivity index (χ2n) is 7.76. The zero-order valence-corrected chi connectivity index (χ0v) is 16.7. The Morgan fingerprint density at radius 1 is 0.964 bits per heavy atom. The lowest BCUT2D eigenvalue weighted by Gasteiger charge is -2.28. The molecule has 1 amide bonds. The largest absolute Gasteiger partial charge is 0.278 e. The molecule has 0 aliphatic heterocycles. The highest BCUT2D eigenvalue weighted by molar-refractivity contribution is 5.88. The molecule has 0 N–H and O–H groups in total. The lowest BCUT2D eigenvalue weighted by Crippen LogP contribution is -2.22. The van der Waals surface area contributed by atoms with Crippen LogP contribution in [0.15, 0.2) is 42.9 Å². The van der Waals surface area contributed by atoms with Gasteiger partial charge in [-0.3, -0.25) is 19.7 Å². The Bertz CT molecular complexity index is 1010. The van der Waals surface area contributed by atoms with Crippen molar-refractivity contribution in [2.75, 3.05) is 4.90 Å². The van der Waals surface area contributed by atoms with Gasteiger partial charge in [0, 0.05) is 11.8 Å². The van der Waals surface area contributed by atoms with Crippen molar-refractivity contribution in [3.63, 3.8) is 0 Å². The first-order chi connectivity index (χ1) is 13.2. The summed E-state index contributed by atoms with van der Waals surface area (Å²) in [4.78, 5) is 26.2. The highest BCUT2D eigenvalue weighted by Crippen LogP contribution is 2.37. The molecule has 0 radical (unpaired) electrons. The predicted molar refractivity (Wildman–Crippen MR) is 108 cm³/mol. The van der Waals surface area contributed by atoms with E-state index >= 15 is 0 Å². The van der Waals surface area contributed by atoms with Crippen LogP contribution < -0.4 is 4.90 Å². The van der Waals surface area contributed by atoms with E-state index < -0.39 is 0 Å². The lowest BCUT2D eigenvalue weighted by molar-refractivity contribution is -0.106. The number of hydrogen-bond donors (Lipinski definition) is 0. The molecule has 2 heterocycles. The first kappa shape index (κ1) is 19.6. The summed E-state index contributed by atoms with van der Waals surface area (Å²) in [6.45, 7) is 9.67. The van der Waals surface area contributed by atoms with E-state index in [1.165, 1.54) is 11.0 Å². The molecule has 0 unspecified atom stereocenters. The van der Waals surface area contributed by atoms with Gasteiger partial charge in [-0.2, -0.15) is 0 Å². The Hall–Kier alpha value is -3.15. The quantitative estimate of drug-likeness (QED) is 0.607. The number of carbonyl (C=O) groups excluding carboxylic acids is 1. The number of halogens is 1. The summed E-state index contributed by atoms with van der Waals surface area (Å²) in [7, 11) is 0. The molecule has 0 atom stereocenters. The molecule has 28 heavy (non-hydrogen) atoms. The van der Waals surface area contributed by atoms with Crippen LogP contribution in [0.25, 0.3) is 11.1 Å². The van der Waals surface area contributed by atoms with Gasteiger partial charge < -0.3 is 0 Å². The van der Waals surface area contributed by atoms with Gasteiger partial charge in [-0.05, 0) is 42.5 Å². The molecule has 1 aromatic carbocycles. The zero-order valence-electron chi connectivity index (χ0n) is 16.7. The molecule has 3 rings (SSSR count). The molecule has 2 aromatic heterocycles. The standard InChI is InChI=1S/C22H23FN4O/c1-14-10-26-21(12-24-14)27(13-28)20-9-16(6-7-18(20)22(3,4)5)17-8-19(23)15(2)25-11-17/h6-13H,1-5H3.